The molecule has 0 spiro atoms. The number of aryl methyl sites for hydroxylation is 1. The highest BCUT2D eigenvalue weighted by Crippen LogP contribution is 2.21. The third kappa shape index (κ3) is 4.13. The number of aliphatic hydroxyl groups excluding tert-OH is 1. The largest absolute Gasteiger partial charge is 0.387 e. The summed E-state index contributed by atoms with van der Waals surface area (Å²) in [4.78, 5) is 6.19. The fourth-order valence-electron chi connectivity index (χ4n) is 2.39. The fourth-order valence-corrected chi connectivity index (χ4v) is 2.39. The molecule has 0 aliphatic heterocycles. The van der Waals surface area contributed by atoms with Crippen molar-refractivity contribution < 1.29 is 5.11 Å². The summed E-state index contributed by atoms with van der Waals surface area (Å²) >= 11 is 0. The first kappa shape index (κ1) is 15.7. The molecule has 0 fully saturated rings. The van der Waals surface area contributed by atoms with Gasteiger partial charge in [-0.15, -0.1) is 0 Å². The van der Waals surface area contributed by atoms with Gasteiger partial charge in [0.05, 0.1) is 6.10 Å². The Morgan fingerprint density at radius 1 is 1.05 bits per heavy atom. The minimum absolute atomic E-state index is 0.0469. The van der Waals surface area contributed by atoms with Crippen LogP contribution >= 0.6 is 0 Å². The van der Waals surface area contributed by atoms with Gasteiger partial charge in [-0.3, -0.25) is 9.88 Å². The van der Waals surface area contributed by atoms with Crippen LogP contribution in [-0.2, 0) is 13.0 Å². The van der Waals surface area contributed by atoms with E-state index in [1.165, 1.54) is 11.1 Å². The SMILES string of the molecule is CCc1ccc(C(O)C(C)N(C)Cc2ccncc2)cc1. The summed E-state index contributed by atoms with van der Waals surface area (Å²) in [5.74, 6) is 0. The Balaban J connectivity index is 2.01. The molecule has 21 heavy (non-hydrogen) atoms. The van der Waals surface area contributed by atoms with E-state index in [9.17, 15) is 5.11 Å². The number of hydrogen-bond acceptors (Lipinski definition) is 3. The van der Waals surface area contributed by atoms with E-state index >= 15 is 0 Å². The minimum atomic E-state index is -0.484. The smallest absolute Gasteiger partial charge is 0.0942 e. The van der Waals surface area contributed by atoms with Gasteiger partial charge in [-0.1, -0.05) is 31.2 Å². The van der Waals surface area contributed by atoms with E-state index < -0.39 is 6.10 Å². The van der Waals surface area contributed by atoms with Crippen LogP contribution in [0.3, 0.4) is 0 Å². The normalized spacial score (nSPS) is 14.1. The van der Waals surface area contributed by atoms with Crippen molar-refractivity contribution in [3.8, 4) is 0 Å². The lowest BCUT2D eigenvalue weighted by atomic mass is 10.0. The highest BCUT2D eigenvalue weighted by Gasteiger charge is 2.20. The molecule has 2 aromatic rings. The van der Waals surface area contributed by atoms with Crippen molar-refractivity contribution in [2.45, 2.75) is 39.0 Å². The molecule has 0 amide bonds. The van der Waals surface area contributed by atoms with E-state index in [0.29, 0.717) is 0 Å². The summed E-state index contributed by atoms with van der Waals surface area (Å²) in [6, 6.07) is 12.3. The van der Waals surface area contributed by atoms with Gasteiger partial charge in [0.1, 0.15) is 0 Å². The Morgan fingerprint density at radius 3 is 2.24 bits per heavy atom. The second kappa shape index (κ2) is 7.34. The predicted molar refractivity (Wildman–Crippen MR) is 85.9 cm³/mol. The average molecular weight is 284 g/mol. The van der Waals surface area contributed by atoms with Gasteiger partial charge in [-0.2, -0.15) is 0 Å². The average Bonchev–Trinajstić information content (AvgIpc) is 2.54. The van der Waals surface area contributed by atoms with Crippen molar-refractivity contribution in [2.24, 2.45) is 0 Å². The monoisotopic (exact) mass is 284 g/mol. The third-order valence-electron chi connectivity index (χ3n) is 4.06. The van der Waals surface area contributed by atoms with Gasteiger partial charge >= 0.3 is 0 Å². The number of nitrogens with zero attached hydrogens (tertiary/aromatic N) is 2. The molecule has 2 rings (SSSR count). The number of hydrogen-bond donors (Lipinski definition) is 1. The highest BCUT2D eigenvalue weighted by molar-refractivity contribution is 5.25. The van der Waals surface area contributed by atoms with Crippen molar-refractivity contribution in [2.75, 3.05) is 7.05 Å². The van der Waals surface area contributed by atoms with Gasteiger partial charge in [0.15, 0.2) is 0 Å². The topological polar surface area (TPSA) is 36.4 Å². The maximum Gasteiger partial charge on any atom is 0.0942 e. The maximum absolute atomic E-state index is 10.5. The Morgan fingerprint density at radius 2 is 1.67 bits per heavy atom. The van der Waals surface area contributed by atoms with Crippen LogP contribution in [0, 0.1) is 0 Å². The van der Waals surface area contributed by atoms with Crippen LogP contribution in [0.25, 0.3) is 0 Å². The standard InChI is InChI=1S/C18H24N2O/c1-4-15-5-7-17(8-6-15)18(21)14(2)20(3)13-16-9-11-19-12-10-16/h5-12,14,18,21H,4,13H2,1-3H3. The van der Waals surface area contributed by atoms with Gasteiger partial charge in [0, 0.05) is 25.0 Å². The Hall–Kier alpha value is -1.71. The molecular weight excluding hydrogens is 260 g/mol. The molecule has 0 saturated heterocycles. The number of benzene rings is 1. The molecule has 3 nitrogen and oxygen atoms in total. The molecule has 1 aromatic heterocycles. The molecule has 1 N–H and O–H groups in total. The Bertz CT molecular complexity index is 539. The lowest BCUT2D eigenvalue weighted by Gasteiger charge is -2.29. The lowest BCUT2D eigenvalue weighted by Crippen LogP contribution is -2.33. The zero-order valence-corrected chi connectivity index (χ0v) is 13.0. The van der Waals surface area contributed by atoms with Gasteiger partial charge in [-0.05, 0) is 49.2 Å². The van der Waals surface area contributed by atoms with Gasteiger partial charge in [0.2, 0.25) is 0 Å². The number of pyridine rings is 1. The molecule has 3 heteroatoms. The molecular formula is C18H24N2O. The first-order chi connectivity index (χ1) is 10.1. The minimum Gasteiger partial charge on any atom is -0.387 e. The molecule has 112 valence electrons. The van der Waals surface area contributed by atoms with Gasteiger partial charge in [0.25, 0.3) is 0 Å². The quantitative estimate of drug-likeness (QED) is 0.885. The van der Waals surface area contributed by atoms with Crippen LogP contribution in [0.1, 0.15) is 36.6 Å². The fraction of sp³-hybridized carbons (Fsp3) is 0.389. The van der Waals surface area contributed by atoms with Crippen LogP contribution < -0.4 is 0 Å². The summed E-state index contributed by atoms with van der Waals surface area (Å²) in [5.41, 5.74) is 3.47. The lowest BCUT2D eigenvalue weighted by molar-refractivity contribution is 0.0688. The summed E-state index contributed by atoms with van der Waals surface area (Å²) in [6.45, 7) is 4.99. The maximum atomic E-state index is 10.5. The predicted octanol–water partition coefficient (Wildman–Crippen LogP) is 3.20. The van der Waals surface area contributed by atoms with Crippen LogP contribution in [-0.4, -0.2) is 28.1 Å². The number of aliphatic hydroxyl groups is 1. The van der Waals surface area contributed by atoms with Crippen molar-refractivity contribution >= 4 is 0 Å². The first-order valence-electron chi connectivity index (χ1n) is 7.48. The summed E-state index contributed by atoms with van der Waals surface area (Å²) < 4.78 is 0. The van der Waals surface area contributed by atoms with Gasteiger partial charge < -0.3 is 5.11 Å². The summed E-state index contributed by atoms with van der Waals surface area (Å²) in [7, 11) is 2.04. The van der Waals surface area contributed by atoms with Crippen LogP contribution in [0.15, 0.2) is 48.8 Å². The van der Waals surface area contributed by atoms with E-state index in [1.54, 1.807) is 12.4 Å². The van der Waals surface area contributed by atoms with Crippen molar-refractivity contribution in [3.63, 3.8) is 0 Å². The zero-order valence-electron chi connectivity index (χ0n) is 13.0. The first-order valence-corrected chi connectivity index (χ1v) is 7.48. The van der Waals surface area contributed by atoms with E-state index in [4.69, 9.17) is 0 Å². The Labute approximate surface area is 127 Å². The van der Waals surface area contributed by atoms with E-state index in [2.05, 4.69) is 35.9 Å². The van der Waals surface area contributed by atoms with Crippen molar-refractivity contribution in [3.05, 3.63) is 65.5 Å². The molecule has 1 heterocycles. The molecule has 2 unspecified atom stereocenters. The Kier molecular flexibility index (Phi) is 5.48. The van der Waals surface area contributed by atoms with Crippen molar-refractivity contribution in [1.82, 2.24) is 9.88 Å². The summed E-state index contributed by atoms with van der Waals surface area (Å²) in [6.07, 6.45) is 4.14. The molecule has 0 saturated carbocycles. The molecule has 2 atom stereocenters. The number of likely N-dealkylation sites (N-methyl/N-ethyl adjacent to an activating group) is 1. The van der Waals surface area contributed by atoms with Gasteiger partial charge in [-0.25, -0.2) is 0 Å². The van der Waals surface area contributed by atoms with Crippen LogP contribution in [0.4, 0.5) is 0 Å². The number of aromatic nitrogens is 1. The molecule has 1 aromatic carbocycles. The highest BCUT2D eigenvalue weighted by atomic mass is 16.3. The van der Waals surface area contributed by atoms with E-state index in [1.807, 2.05) is 31.3 Å². The molecule has 0 radical (unpaired) electrons. The van der Waals surface area contributed by atoms with Crippen LogP contribution in [0.5, 0.6) is 0 Å². The zero-order chi connectivity index (χ0) is 15.2. The second-order valence-electron chi connectivity index (χ2n) is 5.55. The van der Waals surface area contributed by atoms with Crippen molar-refractivity contribution in [1.29, 1.82) is 0 Å². The second-order valence-corrected chi connectivity index (χ2v) is 5.55. The van der Waals surface area contributed by atoms with E-state index in [-0.39, 0.29) is 6.04 Å². The van der Waals surface area contributed by atoms with Crippen LogP contribution in [0.2, 0.25) is 0 Å². The molecule has 0 bridgehead atoms. The van der Waals surface area contributed by atoms with E-state index in [0.717, 1.165) is 18.5 Å². The molecule has 0 aliphatic rings. The summed E-state index contributed by atoms with van der Waals surface area (Å²) in [5, 5.41) is 10.5. The number of rotatable bonds is 6. The molecule has 0 aliphatic carbocycles. The third-order valence-corrected chi connectivity index (χ3v) is 4.06.